The zero-order chi connectivity index (χ0) is 24.8. The van der Waals surface area contributed by atoms with Crippen LogP contribution in [0.25, 0.3) is 11.3 Å². The van der Waals surface area contributed by atoms with E-state index in [4.69, 9.17) is 4.52 Å². The molecule has 3 aromatic rings. The lowest BCUT2D eigenvalue weighted by atomic mass is 10.1. The fraction of sp³-hybridized carbons (Fsp3) is 0.423. The molecular formula is C26H31F3N4O2. The first kappa shape index (κ1) is 25.1. The van der Waals surface area contributed by atoms with E-state index >= 15 is 0 Å². The lowest BCUT2D eigenvalue weighted by Crippen LogP contribution is -2.47. The normalized spacial score (nSPS) is 15.1. The SMILES string of the molecule is Cc1ccc(N2CCN(CCCN(C)Cc3cc(-c4ccc(OC(F)(F)F)cc4)no3)CC2)cc1. The number of hydrogen-bond donors (Lipinski definition) is 0. The molecule has 0 bridgehead atoms. The van der Waals surface area contributed by atoms with E-state index in [9.17, 15) is 13.2 Å². The zero-order valence-corrected chi connectivity index (χ0v) is 20.1. The van der Waals surface area contributed by atoms with Crippen LogP contribution in [-0.4, -0.2) is 67.6 Å². The van der Waals surface area contributed by atoms with Gasteiger partial charge in [-0.05, 0) is 69.9 Å². The number of aromatic nitrogens is 1. The Bertz CT molecular complexity index is 1060. The third kappa shape index (κ3) is 7.47. The minimum Gasteiger partial charge on any atom is -0.406 e. The largest absolute Gasteiger partial charge is 0.573 e. The number of rotatable bonds is 9. The molecule has 1 aromatic heterocycles. The Kier molecular flexibility index (Phi) is 7.97. The summed E-state index contributed by atoms with van der Waals surface area (Å²) < 4.78 is 46.3. The lowest BCUT2D eigenvalue weighted by Gasteiger charge is -2.36. The van der Waals surface area contributed by atoms with E-state index in [1.165, 1.54) is 35.5 Å². The number of piperazine rings is 1. The lowest BCUT2D eigenvalue weighted by molar-refractivity contribution is -0.274. The van der Waals surface area contributed by atoms with Gasteiger partial charge >= 0.3 is 6.36 Å². The molecule has 0 unspecified atom stereocenters. The number of alkyl halides is 3. The van der Waals surface area contributed by atoms with Crippen molar-refractivity contribution in [2.75, 3.05) is 51.2 Å². The highest BCUT2D eigenvalue weighted by atomic mass is 19.4. The van der Waals surface area contributed by atoms with Crippen molar-refractivity contribution in [2.24, 2.45) is 0 Å². The molecule has 2 aromatic carbocycles. The molecule has 0 N–H and O–H groups in total. The standard InChI is InChI=1S/C26H31F3N4O2/c1-20-4-8-22(9-5-20)33-16-14-32(15-17-33)13-3-12-31(2)19-24-18-25(30-35-24)21-6-10-23(11-7-21)34-26(27,28)29/h4-11,18H,3,12-17,19H2,1-2H3. The van der Waals surface area contributed by atoms with Gasteiger partial charge in [-0.15, -0.1) is 13.2 Å². The van der Waals surface area contributed by atoms with Crippen molar-refractivity contribution in [1.82, 2.24) is 15.0 Å². The molecular weight excluding hydrogens is 457 g/mol. The van der Waals surface area contributed by atoms with Gasteiger partial charge in [0.05, 0.1) is 6.54 Å². The first-order valence-electron chi connectivity index (χ1n) is 11.8. The molecule has 1 aliphatic heterocycles. The van der Waals surface area contributed by atoms with Gasteiger partial charge in [0.25, 0.3) is 0 Å². The first-order chi connectivity index (χ1) is 16.7. The Balaban J connectivity index is 1.17. The Morgan fingerprint density at radius 3 is 2.34 bits per heavy atom. The molecule has 0 aliphatic carbocycles. The molecule has 2 heterocycles. The number of hydrogen-bond acceptors (Lipinski definition) is 6. The van der Waals surface area contributed by atoms with Gasteiger partial charge in [-0.1, -0.05) is 22.9 Å². The Morgan fingerprint density at radius 2 is 1.69 bits per heavy atom. The van der Waals surface area contributed by atoms with Crippen LogP contribution in [0.3, 0.4) is 0 Å². The van der Waals surface area contributed by atoms with E-state index in [0.717, 1.165) is 45.7 Å². The number of benzene rings is 2. The molecule has 1 aliphatic rings. The highest BCUT2D eigenvalue weighted by Gasteiger charge is 2.31. The molecule has 9 heteroatoms. The monoisotopic (exact) mass is 488 g/mol. The van der Waals surface area contributed by atoms with E-state index in [1.807, 2.05) is 13.1 Å². The summed E-state index contributed by atoms with van der Waals surface area (Å²) in [5.41, 5.74) is 3.83. The van der Waals surface area contributed by atoms with Gasteiger partial charge in [0, 0.05) is 43.5 Å². The van der Waals surface area contributed by atoms with Gasteiger partial charge in [0.2, 0.25) is 0 Å². The predicted molar refractivity (Wildman–Crippen MR) is 129 cm³/mol. The quantitative estimate of drug-likeness (QED) is 0.413. The third-order valence-corrected chi connectivity index (χ3v) is 6.15. The molecule has 0 saturated carbocycles. The van der Waals surface area contributed by atoms with E-state index in [2.05, 4.69) is 55.8 Å². The fourth-order valence-electron chi connectivity index (χ4n) is 4.25. The van der Waals surface area contributed by atoms with Gasteiger partial charge in [0.15, 0.2) is 5.76 Å². The molecule has 1 fully saturated rings. The van der Waals surface area contributed by atoms with Crippen molar-refractivity contribution in [3.63, 3.8) is 0 Å². The molecule has 0 amide bonds. The minimum atomic E-state index is -4.71. The van der Waals surface area contributed by atoms with E-state index < -0.39 is 6.36 Å². The van der Waals surface area contributed by atoms with Gasteiger partial charge in [-0.25, -0.2) is 0 Å². The number of halogens is 3. The van der Waals surface area contributed by atoms with Crippen molar-refractivity contribution in [3.8, 4) is 17.0 Å². The average Bonchev–Trinajstić information content (AvgIpc) is 3.28. The first-order valence-corrected chi connectivity index (χ1v) is 11.8. The van der Waals surface area contributed by atoms with Crippen LogP contribution < -0.4 is 9.64 Å². The minimum absolute atomic E-state index is 0.263. The summed E-state index contributed by atoms with van der Waals surface area (Å²) in [6, 6.07) is 16.2. The second kappa shape index (κ2) is 11.1. The van der Waals surface area contributed by atoms with E-state index in [1.54, 1.807) is 0 Å². The van der Waals surface area contributed by atoms with Crippen LogP contribution in [0.2, 0.25) is 0 Å². The molecule has 35 heavy (non-hydrogen) atoms. The fourth-order valence-corrected chi connectivity index (χ4v) is 4.25. The molecule has 4 rings (SSSR count). The summed E-state index contributed by atoms with van der Waals surface area (Å²) in [7, 11) is 2.04. The maximum Gasteiger partial charge on any atom is 0.573 e. The second-order valence-corrected chi connectivity index (χ2v) is 9.01. The van der Waals surface area contributed by atoms with Crippen LogP contribution in [0.4, 0.5) is 18.9 Å². The van der Waals surface area contributed by atoms with Crippen molar-refractivity contribution >= 4 is 5.69 Å². The number of nitrogens with zero attached hydrogens (tertiary/aromatic N) is 4. The average molecular weight is 489 g/mol. The van der Waals surface area contributed by atoms with Crippen molar-refractivity contribution in [1.29, 1.82) is 0 Å². The van der Waals surface area contributed by atoms with E-state index in [-0.39, 0.29) is 5.75 Å². The van der Waals surface area contributed by atoms with Crippen LogP contribution in [-0.2, 0) is 6.54 Å². The summed E-state index contributed by atoms with van der Waals surface area (Å²) in [6.45, 7) is 8.93. The topological polar surface area (TPSA) is 45.0 Å². The Hall–Kier alpha value is -3.04. The van der Waals surface area contributed by atoms with Crippen LogP contribution in [0.1, 0.15) is 17.7 Å². The summed E-state index contributed by atoms with van der Waals surface area (Å²) in [5.74, 6) is 0.450. The van der Waals surface area contributed by atoms with Crippen LogP contribution in [0.15, 0.2) is 59.1 Å². The predicted octanol–water partition coefficient (Wildman–Crippen LogP) is 5.19. The van der Waals surface area contributed by atoms with Crippen LogP contribution in [0.5, 0.6) is 5.75 Å². The number of anilines is 1. The van der Waals surface area contributed by atoms with Gasteiger partial charge < -0.3 is 14.2 Å². The number of ether oxygens (including phenoxy) is 1. The van der Waals surface area contributed by atoms with Crippen molar-refractivity contribution < 1.29 is 22.4 Å². The van der Waals surface area contributed by atoms with Gasteiger partial charge in [0.1, 0.15) is 11.4 Å². The summed E-state index contributed by atoms with van der Waals surface area (Å²) in [6.07, 6.45) is -3.65. The van der Waals surface area contributed by atoms with Gasteiger partial charge in [-0.3, -0.25) is 9.80 Å². The van der Waals surface area contributed by atoms with Gasteiger partial charge in [-0.2, -0.15) is 0 Å². The van der Waals surface area contributed by atoms with Crippen molar-refractivity contribution in [2.45, 2.75) is 26.3 Å². The van der Waals surface area contributed by atoms with E-state index in [0.29, 0.717) is 23.6 Å². The summed E-state index contributed by atoms with van der Waals surface area (Å²) in [4.78, 5) is 7.14. The Morgan fingerprint density at radius 1 is 1.00 bits per heavy atom. The summed E-state index contributed by atoms with van der Waals surface area (Å²) in [5, 5.41) is 4.06. The maximum atomic E-state index is 12.3. The second-order valence-electron chi connectivity index (χ2n) is 9.01. The Labute approximate surface area is 203 Å². The zero-order valence-electron chi connectivity index (χ0n) is 20.1. The third-order valence-electron chi connectivity index (χ3n) is 6.15. The molecule has 0 radical (unpaired) electrons. The molecule has 0 atom stereocenters. The number of aryl methyl sites for hydroxylation is 1. The highest BCUT2D eigenvalue weighted by Crippen LogP contribution is 2.26. The van der Waals surface area contributed by atoms with Crippen molar-refractivity contribution in [3.05, 3.63) is 65.9 Å². The highest BCUT2D eigenvalue weighted by molar-refractivity contribution is 5.59. The molecule has 0 spiro atoms. The molecule has 1 saturated heterocycles. The van der Waals surface area contributed by atoms with Crippen LogP contribution in [0, 0.1) is 6.92 Å². The molecule has 188 valence electrons. The molecule has 6 nitrogen and oxygen atoms in total. The van der Waals surface area contributed by atoms with Crippen LogP contribution >= 0.6 is 0 Å². The maximum absolute atomic E-state index is 12.3. The smallest absolute Gasteiger partial charge is 0.406 e. The summed E-state index contributed by atoms with van der Waals surface area (Å²) >= 11 is 0.